The molecule has 0 radical (unpaired) electrons. The number of hydrogen-bond donors (Lipinski definition) is 0. The second kappa shape index (κ2) is 6.43. The maximum Gasteiger partial charge on any atom is 0.405 e. The third kappa shape index (κ3) is 3.41. The molecule has 116 valence electrons. The molecule has 1 heterocycles. The van der Waals surface area contributed by atoms with E-state index in [2.05, 4.69) is 4.74 Å². The average molecular weight is 297 g/mol. The van der Waals surface area contributed by atoms with E-state index in [-0.39, 0.29) is 26.2 Å². The number of piperidine rings is 1. The van der Waals surface area contributed by atoms with Crippen LogP contribution in [0.5, 0.6) is 0 Å². The van der Waals surface area contributed by atoms with E-state index in [1.165, 1.54) is 0 Å². The Labute approximate surface area is 115 Å². The third-order valence-electron chi connectivity index (χ3n) is 3.49. The zero-order chi connectivity index (χ0) is 15.4. The highest BCUT2D eigenvalue weighted by molar-refractivity contribution is 5.78. The summed E-state index contributed by atoms with van der Waals surface area (Å²) in [6.07, 6.45) is -5.48. The Balaban J connectivity index is 2.70. The molecule has 5 nitrogen and oxygen atoms in total. The highest BCUT2D eigenvalue weighted by atomic mass is 19.4. The number of carbonyl (C=O) groups is 2. The van der Waals surface area contributed by atoms with E-state index in [9.17, 15) is 22.8 Å². The number of esters is 2. The fourth-order valence-electron chi connectivity index (χ4n) is 2.28. The van der Waals surface area contributed by atoms with Crippen molar-refractivity contribution in [3.05, 3.63) is 0 Å². The molecule has 20 heavy (non-hydrogen) atoms. The van der Waals surface area contributed by atoms with Gasteiger partial charge < -0.3 is 9.47 Å². The predicted octanol–water partition coefficient (Wildman–Crippen LogP) is 1.37. The van der Waals surface area contributed by atoms with E-state index in [0.29, 0.717) is 0 Å². The summed E-state index contributed by atoms with van der Waals surface area (Å²) in [5.41, 5.74) is -2.47. The molecule has 8 heteroatoms. The van der Waals surface area contributed by atoms with Crippen molar-refractivity contribution >= 4 is 11.9 Å². The van der Waals surface area contributed by atoms with Gasteiger partial charge in [-0.25, -0.2) is 0 Å². The summed E-state index contributed by atoms with van der Waals surface area (Å²) in [7, 11) is 0.945. The molecule has 1 saturated heterocycles. The molecule has 1 fully saturated rings. The predicted molar refractivity (Wildman–Crippen MR) is 62.8 cm³/mol. The number of methoxy groups -OCH3 is 1. The monoisotopic (exact) mass is 297 g/mol. The fraction of sp³-hybridized carbons (Fsp3) is 0.833. The van der Waals surface area contributed by atoms with Crippen LogP contribution in [0.3, 0.4) is 0 Å². The van der Waals surface area contributed by atoms with Crippen molar-refractivity contribution in [3.63, 3.8) is 0 Å². The average Bonchev–Trinajstić information content (AvgIpc) is 2.37. The van der Waals surface area contributed by atoms with Crippen LogP contribution in [-0.2, 0) is 19.1 Å². The highest BCUT2D eigenvalue weighted by Crippen LogP contribution is 2.47. The van der Waals surface area contributed by atoms with Crippen LogP contribution in [0.2, 0.25) is 0 Å². The maximum absolute atomic E-state index is 13.1. The number of alkyl halides is 3. The van der Waals surface area contributed by atoms with Crippen LogP contribution in [0.25, 0.3) is 0 Å². The Morgan fingerprint density at radius 3 is 2.20 bits per heavy atom. The minimum atomic E-state index is -4.66. The van der Waals surface area contributed by atoms with Gasteiger partial charge in [-0.05, 0) is 19.8 Å². The van der Waals surface area contributed by atoms with Crippen LogP contribution in [0, 0.1) is 5.41 Å². The van der Waals surface area contributed by atoms with E-state index in [0.717, 1.165) is 7.11 Å². The van der Waals surface area contributed by atoms with Crippen molar-refractivity contribution in [2.24, 2.45) is 5.41 Å². The van der Waals surface area contributed by atoms with Crippen molar-refractivity contribution in [2.45, 2.75) is 25.9 Å². The fourth-order valence-corrected chi connectivity index (χ4v) is 2.28. The summed E-state index contributed by atoms with van der Waals surface area (Å²) >= 11 is 0. The van der Waals surface area contributed by atoms with Crippen LogP contribution >= 0.6 is 0 Å². The SMILES string of the molecule is CCOC(=O)CN1CCC(C(=O)OC)(C(F)(F)F)CC1. The van der Waals surface area contributed by atoms with E-state index in [4.69, 9.17) is 4.74 Å². The molecule has 0 aromatic heterocycles. The van der Waals surface area contributed by atoms with Gasteiger partial charge in [0.1, 0.15) is 0 Å². The summed E-state index contributed by atoms with van der Waals surface area (Å²) in [4.78, 5) is 24.3. The Morgan fingerprint density at radius 2 is 1.80 bits per heavy atom. The van der Waals surface area contributed by atoms with Gasteiger partial charge in [0.05, 0.1) is 20.3 Å². The van der Waals surface area contributed by atoms with Gasteiger partial charge in [-0.15, -0.1) is 0 Å². The lowest BCUT2D eigenvalue weighted by atomic mass is 9.77. The molecular formula is C12H18F3NO4. The van der Waals surface area contributed by atoms with Crippen molar-refractivity contribution in [2.75, 3.05) is 33.4 Å². The second-order valence-corrected chi connectivity index (χ2v) is 4.65. The summed E-state index contributed by atoms with van der Waals surface area (Å²) in [6.45, 7) is 1.80. The summed E-state index contributed by atoms with van der Waals surface area (Å²) < 4.78 is 48.4. The summed E-state index contributed by atoms with van der Waals surface area (Å²) in [5.74, 6) is -1.74. The van der Waals surface area contributed by atoms with Gasteiger partial charge in [0, 0.05) is 13.1 Å². The lowest BCUT2D eigenvalue weighted by Crippen LogP contribution is -2.53. The molecule has 0 unspecified atom stereocenters. The molecule has 0 aromatic rings. The number of likely N-dealkylation sites (tertiary alicyclic amines) is 1. The normalized spacial score (nSPS) is 19.4. The first-order chi connectivity index (χ1) is 9.26. The molecule has 0 aliphatic carbocycles. The molecule has 0 spiro atoms. The van der Waals surface area contributed by atoms with Crippen molar-refractivity contribution in [3.8, 4) is 0 Å². The topological polar surface area (TPSA) is 55.8 Å². The smallest absolute Gasteiger partial charge is 0.405 e. The van der Waals surface area contributed by atoms with E-state index in [1.807, 2.05) is 0 Å². The van der Waals surface area contributed by atoms with Gasteiger partial charge in [0.15, 0.2) is 5.41 Å². The zero-order valence-electron chi connectivity index (χ0n) is 11.5. The van der Waals surface area contributed by atoms with Gasteiger partial charge >= 0.3 is 18.1 Å². The lowest BCUT2D eigenvalue weighted by molar-refractivity contribution is -0.243. The minimum absolute atomic E-state index is 0.00652. The number of halogens is 3. The molecule has 0 saturated carbocycles. The van der Waals surface area contributed by atoms with Gasteiger partial charge in [-0.3, -0.25) is 14.5 Å². The van der Waals surface area contributed by atoms with Gasteiger partial charge in [-0.2, -0.15) is 13.2 Å². The van der Waals surface area contributed by atoms with E-state index in [1.54, 1.807) is 11.8 Å². The highest BCUT2D eigenvalue weighted by Gasteiger charge is 2.61. The number of ether oxygens (including phenoxy) is 2. The summed E-state index contributed by atoms with van der Waals surface area (Å²) in [5, 5.41) is 0. The number of rotatable bonds is 4. The molecule has 0 N–H and O–H groups in total. The van der Waals surface area contributed by atoms with Crippen LogP contribution < -0.4 is 0 Å². The first-order valence-corrected chi connectivity index (χ1v) is 6.30. The van der Waals surface area contributed by atoms with Crippen molar-refractivity contribution in [1.82, 2.24) is 4.90 Å². The molecule has 1 aliphatic rings. The first-order valence-electron chi connectivity index (χ1n) is 6.30. The minimum Gasteiger partial charge on any atom is -0.468 e. The molecule has 1 rings (SSSR count). The Morgan fingerprint density at radius 1 is 1.25 bits per heavy atom. The van der Waals surface area contributed by atoms with Crippen LogP contribution in [-0.4, -0.2) is 56.4 Å². The maximum atomic E-state index is 13.1. The number of nitrogens with zero attached hydrogens (tertiary/aromatic N) is 1. The van der Waals surface area contributed by atoms with Gasteiger partial charge in [0.2, 0.25) is 0 Å². The lowest BCUT2D eigenvalue weighted by Gasteiger charge is -2.40. The van der Waals surface area contributed by atoms with Crippen molar-refractivity contribution in [1.29, 1.82) is 0 Å². The third-order valence-corrected chi connectivity index (χ3v) is 3.49. The largest absolute Gasteiger partial charge is 0.468 e. The molecule has 0 aromatic carbocycles. The Bertz CT molecular complexity index is 362. The van der Waals surface area contributed by atoms with Crippen LogP contribution in [0.15, 0.2) is 0 Å². The van der Waals surface area contributed by atoms with E-state index < -0.39 is 36.4 Å². The molecular weight excluding hydrogens is 279 g/mol. The van der Waals surface area contributed by atoms with Crippen molar-refractivity contribution < 1.29 is 32.2 Å². The molecule has 1 aliphatic heterocycles. The quantitative estimate of drug-likeness (QED) is 0.734. The standard InChI is InChI=1S/C12H18F3NO4/c1-3-20-9(17)8-16-6-4-11(5-7-16,10(18)19-2)12(13,14)15/h3-8H2,1-2H3. The van der Waals surface area contributed by atoms with Crippen LogP contribution in [0.4, 0.5) is 13.2 Å². The first kappa shape index (κ1) is 16.7. The van der Waals surface area contributed by atoms with Crippen LogP contribution in [0.1, 0.15) is 19.8 Å². The zero-order valence-corrected chi connectivity index (χ0v) is 11.5. The van der Waals surface area contributed by atoms with Gasteiger partial charge in [0.25, 0.3) is 0 Å². The molecule has 0 amide bonds. The second-order valence-electron chi connectivity index (χ2n) is 4.65. The number of hydrogen-bond acceptors (Lipinski definition) is 5. The number of carbonyl (C=O) groups excluding carboxylic acids is 2. The summed E-state index contributed by atoms with van der Waals surface area (Å²) in [6, 6.07) is 0. The molecule has 0 atom stereocenters. The van der Waals surface area contributed by atoms with Gasteiger partial charge in [-0.1, -0.05) is 0 Å². The molecule has 0 bridgehead atoms. The Kier molecular flexibility index (Phi) is 5.38. The Hall–Kier alpha value is -1.31. The van der Waals surface area contributed by atoms with E-state index >= 15 is 0 Å².